The molecule has 0 fully saturated rings. The monoisotopic (exact) mass is 258 g/mol. The Kier molecular flexibility index (Phi) is 2.63. The number of aryl methyl sites for hydroxylation is 1. The van der Waals surface area contributed by atoms with Gasteiger partial charge in [-0.05, 0) is 17.7 Å². The molecule has 6 nitrogen and oxygen atoms in total. The van der Waals surface area contributed by atoms with Crippen LogP contribution < -0.4 is 15.4 Å². The lowest BCUT2D eigenvalue weighted by Crippen LogP contribution is -2.39. The highest BCUT2D eigenvalue weighted by Gasteiger charge is 2.27. The van der Waals surface area contributed by atoms with Crippen LogP contribution in [-0.2, 0) is 7.05 Å². The van der Waals surface area contributed by atoms with E-state index >= 15 is 0 Å². The first-order chi connectivity index (χ1) is 9.19. The molecule has 0 spiro atoms. The van der Waals surface area contributed by atoms with Gasteiger partial charge in [0.15, 0.2) is 0 Å². The van der Waals surface area contributed by atoms with Crippen molar-refractivity contribution in [1.82, 2.24) is 15.1 Å². The molecule has 3 rings (SSSR count). The van der Waals surface area contributed by atoms with Gasteiger partial charge >= 0.3 is 0 Å². The third-order valence-electron chi connectivity index (χ3n) is 3.18. The number of amides is 1. The van der Waals surface area contributed by atoms with Crippen LogP contribution in [0.4, 0.5) is 5.69 Å². The maximum absolute atomic E-state index is 12.0. The minimum Gasteiger partial charge on any atom is -0.497 e. The number of anilines is 1. The van der Waals surface area contributed by atoms with Gasteiger partial charge in [0, 0.05) is 7.05 Å². The molecule has 1 aliphatic rings. The van der Waals surface area contributed by atoms with Gasteiger partial charge < -0.3 is 15.4 Å². The second-order valence-electron chi connectivity index (χ2n) is 4.35. The Labute approximate surface area is 110 Å². The predicted molar refractivity (Wildman–Crippen MR) is 70.0 cm³/mol. The third kappa shape index (κ3) is 1.91. The first kappa shape index (κ1) is 11.6. The number of fused-ring (bicyclic) bond motifs is 1. The molecule has 0 saturated carbocycles. The molecule has 1 aromatic carbocycles. The van der Waals surface area contributed by atoms with Gasteiger partial charge in [-0.1, -0.05) is 12.1 Å². The van der Waals surface area contributed by atoms with Gasteiger partial charge in [-0.3, -0.25) is 9.48 Å². The Hall–Kier alpha value is -2.50. The summed E-state index contributed by atoms with van der Waals surface area (Å²) in [6, 6.07) is 7.56. The molecular weight excluding hydrogens is 244 g/mol. The first-order valence-corrected chi connectivity index (χ1v) is 5.92. The van der Waals surface area contributed by atoms with Crippen LogP contribution in [0.15, 0.2) is 30.5 Å². The van der Waals surface area contributed by atoms with Gasteiger partial charge in [0.25, 0.3) is 5.91 Å². The number of ether oxygens (including phenoxy) is 1. The van der Waals surface area contributed by atoms with Crippen molar-refractivity contribution in [3.8, 4) is 5.75 Å². The fraction of sp³-hybridized carbons (Fsp3) is 0.231. The molecule has 6 heteroatoms. The van der Waals surface area contributed by atoms with E-state index in [0.717, 1.165) is 17.0 Å². The van der Waals surface area contributed by atoms with Crippen LogP contribution in [0.5, 0.6) is 5.75 Å². The van der Waals surface area contributed by atoms with Crippen LogP contribution >= 0.6 is 0 Å². The molecule has 0 aliphatic carbocycles. The lowest BCUT2D eigenvalue weighted by Gasteiger charge is -2.26. The summed E-state index contributed by atoms with van der Waals surface area (Å²) >= 11 is 0. The van der Waals surface area contributed by atoms with E-state index in [1.165, 1.54) is 0 Å². The number of nitrogens with zero attached hydrogens (tertiary/aromatic N) is 2. The molecule has 1 aromatic heterocycles. The number of carbonyl (C=O) groups is 1. The minimum absolute atomic E-state index is 0.130. The average molecular weight is 258 g/mol. The number of rotatable bonds is 2. The number of aromatic nitrogens is 2. The van der Waals surface area contributed by atoms with Crippen molar-refractivity contribution in [1.29, 1.82) is 0 Å². The summed E-state index contributed by atoms with van der Waals surface area (Å²) in [5.74, 6) is 0.655. The summed E-state index contributed by atoms with van der Waals surface area (Å²) < 4.78 is 6.67. The van der Waals surface area contributed by atoms with Gasteiger partial charge in [0.2, 0.25) is 0 Å². The molecular formula is C13H14N4O2. The summed E-state index contributed by atoms with van der Waals surface area (Å²) in [5, 5.41) is 10.2. The molecule has 1 amide bonds. The number of nitrogens with one attached hydrogen (secondary N) is 2. The second kappa shape index (κ2) is 4.31. The predicted octanol–water partition coefficient (Wildman–Crippen LogP) is 1.28. The zero-order valence-electron chi connectivity index (χ0n) is 10.7. The zero-order valence-corrected chi connectivity index (χ0v) is 10.7. The van der Waals surface area contributed by atoms with Crippen LogP contribution in [-0.4, -0.2) is 22.8 Å². The lowest BCUT2D eigenvalue weighted by molar-refractivity contribution is 0.0926. The zero-order chi connectivity index (χ0) is 13.4. The van der Waals surface area contributed by atoms with Crippen LogP contribution in [0.1, 0.15) is 22.2 Å². The van der Waals surface area contributed by atoms with Crippen LogP contribution in [0, 0.1) is 0 Å². The minimum atomic E-state index is -0.255. The summed E-state index contributed by atoms with van der Waals surface area (Å²) in [4.78, 5) is 12.0. The highest BCUT2D eigenvalue weighted by Crippen LogP contribution is 2.26. The Balaban J connectivity index is 1.90. The third-order valence-corrected chi connectivity index (χ3v) is 3.18. The molecule has 0 saturated heterocycles. The Morgan fingerprint density at radius 3 is 2.68 bits per heavy atom. The molecule has 0 bridgehead atoms. The quantitative estimate of drug-likeness (QED) is 0.851. The fourth-order valence-corrected chi connectivity index (χ4v) is 2.17. The van der Waals surface area contributed by atoms with Crippen LogP contribution in [0.3, 0.4) is 0 Å². The highest BCUT2D eigenvalue weighted by atomic mass is 16.5. The van der Waals surface area contributed by atoms with E-state index in [9.17, 15) is 4.79 Å². The maximum Gasteiger partial charge on any atom is 0.273 e. The van der Waals surface area contributed by atoms with Gasteiger partial charge in [0.1, 0.15) is 17.6 Å². The van der Waals surface area contributed by atoms with Gasteiger partial charge in [-0.15, -0.1) is 0 Å². The van der Waals surface area contributed by atoms with E-state index < -0.39 is 0 Å². The van der Waals surface area contributed by atoms with E-state index in [2.05, 4.69) is 15.7 Å². The molecule has 0 radical (unpaired) electrons. The summed E-state index contributed by atoms with van der Waals surface area (Å²) in [5.41, 5.74) is 2.25. The van der Waals surface area contributed by atoms with Gasteiger partial charge in [-0.2, -0.15) is 5.10 Å². The number of carbonyl (C=O) groups excluding carboxylic acids is 1. The van der Waals surface area contributed by atoms with Crippen molar-refractivity contribution < 1.29 is 9.53 Å². The molecule has 98 valence electrons. The lowest BCUT2D eigenvalue weighted by atomic mass is 10.1. The second-order valence-corrected chi connectivity index (χ2v) is 4.35. The standard InChI is InChI=1S/C13H14N4O2/c1-17-11-10(7-14-17)15-12(16-13(11)18)8-3-5-9(19-2)6-4-8/h3-7,12,15H,1-2H3,(H,16,18)/t12-/m1/s1. The topological polar surface area (TPSA) is 68.2 Å². The first-order valence-electron chi connectivity index (χ1n) is 5.92. The fourth-order valence-electron chi connectivity index (χ4n) is 2.17. The highest BCUT2D eigenvalue weighted by molar-refractivity contribution is 6.00. The van der Waals surface area contributed by atoms with Crippen molar-refractivity contribution in [2.24, 2.45) is 7.05 Å². The van der Waals surface area contributed by atoms with Crippen molar-refractivity contribution in [3.05, 3.63) is 41.7 Å². The van der Waals surface area contributed by atoms with Crippen molar-refractivity contribution in [3.63, 3.8) is 0 Å². The average Bonchev–Trinajstić information content (AvgIpc) is 2.81. The smallest absolute Gasteiger partial charge is 0.273 e. The number of benzene rings is 1. The summed E-state index contributed by atoms with van der Waals surface area (Å²) in [7, 11) is 3.37. The number of hydrogen-bond donors (Lipinski definition) is 2. The number of methoxy groups -OCH3 is 1. The van der Waals surface area contributed by atoms with Crippen molar-refractivity contribution in [2.45, 2.75) is 6.17 Å². The molecule has 1 aliphatic heterocycles. The molecule has 0 unspecified atom stereocenters. The van der Waals surface area contributed by atoms with Crippen molar-refractivity contribution in [2.75, 3.05) is 12.4 Å². The van der Waals surface area contributed by atoms with E-state index in [1.807, 2.05) is 24.3 Å². The SMILES string of the molecule is COc1ccc([C@H]2NC(=O)c3c(cnn3C)N2)cc1. The van der Waals surface area contributed by atoms with E-state index in [4.69, 9.17) is 4.74 Å². The Morgan fingerprint density at radius 1 is 1.26 bits per heavy atom. The van der Waals surface area contributed by atoms with Crippen LogP contribution in [0.2, 0.25) is 0 Å². The summed E-state index contributed by atoms with van der Waals surface area (Å²) in [6.45, 7) is 0. The van der Waals surface area contributed by atoms with Crippen LogP contribution in [0.25, 0.3) is 0 Å². The van der Waals surface area contributed by atoms with Gasteiger partial charge in [-0.25, -0.2) is 0 Å². The van der Waals surface area contributed by atoms with Gasteiger partial charge in [0.05, 0.1) is 19.0 Å². The van der Waals surface area contributed by atoms with E-state index in [1.54, 1.807) is 25.0 Å². The van der Waals surface area contributed by atoms with E-state index in [0.29, 0.717) is 5.69 Å². The Bertz CT molecular complexity index is 618. The molecule has 19 heavy (non-hydrogen) atoms. The number of hydrogen-bond acceptors (Lipinski definition) is 4. The maximum atomic E-state index is 12.0. The largest absolute Gasteiger partial charge is 0.497 e. The van der Waals surface area contributed by atoms with Crippen molar-refractivity contribution >= 4 is 11.6 Å². The molecule has 2 aromatic rings. The summed E-state index contributed by atoms with van der Waals surface area (Å²) in [6.07, 6.45) is 1.40. The Morgan fingerprint density at radius 2 is 2.00 bits per heavy atom. The molecule has 1 atom stereocenters. The van der Waals surface area contributed by atoms with E-state index in [-0.39, 0.29) is 12.1 Å². The normalized spacial score (nSPS) is 17.4. The molecule has 2 N–H and O–H groups in total. The molecule has 2 heterocycles.